The molecule has 1 aliphatic carbocycles. The molecule has 0 aliphatic heterocycles. The van der Waals surface area contributed by atoms with Crippen LogP contribution in [0.4, 0.5) is 0 Å². The summed E-state index contributed by atoms with van der Waals surface area (Å²) in [6.45, 7) is 0. The molecule has 4 heteroatoms. The van der Waals surface area contributed by atoms with Crippen LogP contribution in [0.15, 0.2) is 24.3 Å². The Morgan fingerprint density at radius 1 is 1.44 bits per heavy atom. The van der Waals surface area contributed by atoms with Crippen LogP contribution in [0.3, 0.4) is 0 Å². The standard InChI is InChI=1S/C14H18N2OS/c1-17-14(9-6-7-9)10(15)8-13-16-11-4-2-3-5-12(11)18-13/h2-5,9-10,14H,6-8,15H2,1H3. The highest BCUT2D eigenvalue weighted by Gasteiger charge is 2.35. The normalized spacial score (nSPS) is 19.0. The van der Waals surface area contributed by atoms with E-state index in [0.717, 1.165) is 16.9 Å². The molecule has 0 saturated heterocycles. The van der Waals surface area contributed by atoms with E-state index in [4.69, 9.17) is 10.5 Å². The first-order valence-corrected chi connectivity index (χ1v) is 7.22. The van der Waals surface area contributed by atoms with Gasteiger partial charge >= 0.3 is 0 Å². The molecule has 18 heavy (non-hydrogen) atoms. The van der Waals surface area contributed by atoms with Crippen molar-refractivity contribution < 1.29 is 4.74 Å². The SMILES string of the molecule is COC(C(N)Cc1nc2ccccc2s1)C1CC1. The maximum atomic E-state index is 6.26. The molecular weight excluding hydrogens is 244 g/mol. The van der Waals surface area contributed by atoms with Gasteiger partial charge in [-0.3, -0.25) is 0 Å². The lowest BCUT2D eigenvalue weighted by atomic mass is 10.0. The van der Waals surface area contributed by atoms with E-state index in [1.54, 1.807) is 18.4 Å². The molecular formula is C14H18N2OS. The highest BCUT2D eigenvalue weighted by atomic mass is 32.1. The van der Waals surface area contributed by atoms with Crippen LogP contribution in [-0.4, -0.2) is 24.2 Å². The molecule has 1 aromatic carbocycles. The number of benzene rings is 1. The zero-order chi connectivity index (χ0) is 12.5. The van der Waals surface area contributed by atoms with E-state index in [9.17, 15) is 0 Å². The van der Waals surface area contributed by atoms with Crippen molar-refractivity contribution in [2.45, 2.75) is 31.4 Å². The zero-order valence-electron chi connectivity index (χ0n) is 10.5. The summed E-state index contributed by atoms with van der Waals surface area (Å²) >= 11 is 1.74. The van der Waals surface area contributed by atoms with Gasteiger partial charge in [0, 0.05) is 19.6 Å². The molecule has 96 valence electrons. The van der Waals surface area contributed by atoms with E-state index in [2.05, 4.69) is 17.1 Å². The molecule has 1 fully saturated rings. The van der Waals surface area contributed by atoms with Crippen LogP contribution in [0, 0.1) is 5.92 Å². The van der Waals surface area contributed by atoms with Gasteiger partial charge in [0.15, 0.2) is 0 Å². The highest BCUT2D eigenvalue weighted by molar-refractivity contribution is 7.18. The van der Waals surface area contributed by atoms with Gasteiger partial charge in [-0.2, -0.15) is 0 Å². The van der Waals surface area contributed by atoms with Gasteiger partial charge < -0.3 is 10.5 Å². The van der Waals surface area contributed by atoms with E-state index >= 15 is 0 Å². The number of ether oxygens (including phenoxy) is 1. The molecule has 3 rings (SSSR count). The lowest BCUT2D eigenvalue weighted by molar-refractivity contribution is 0.0627. The predicted octanol–water partition coefficient (Wildman–Crippen LogP) is 2.59. The summed E-state index contributed by atoms with van der Waals surface area (Å²) in [5, 5.41) is 1.12. The molecule has 0 spiro atoms. The first-order valence-electron chi connectivity index (χ1n) is 6.41. The van der Waals surface area contributed by atoms with Crippen LogP contribution in [-0.2, 0) is 11.2 Å². The van der Waals surface area contributed by atoms with E-state index in [0.29, 0.717) is 5.92 Å². The monoisotopic (exact) mass is 262 g/mol. The van der Waals surface area contributed by atoms with Crippen LogP contribution in [0.25, 0.3) is 10.2 Å². The second-order valence-electron chi connectivity index (χ2n) is 4.98. The van der Waals surface area contributed by atoms with Crippen LogP contribution in [0.2, 0.25) is 0 Å². The summed E-state index contributed by atoms with van der Waals surface area (Å²) in [4.78, 5) is 4.63. The van der Waals surface area contributed by atoms with Gasteiger partial charge in [0.05, 0.1) is 21.3 Å². The van der Waals surface area contributed by atoms with Gasteiger partial charge in [0.2, 0.25) is 0 Å². The molecule has 0 amide bonds. The molecule has 2 N–H and O–H groups in total. The Hall–Kier alpha value is -0.970. The summed E-state index contributed by atoms with van der Waals surface area (Å²) in [5.41, 5.74) is 7.34. The number of fused-ring (bicyclic) bond motifs is 1. The average Bonchev–Trinajstić information content (AvgIpc) is 3.09. The highest BCUT2D eigenvalue weighted by Crippen LogP contribution is 2.36. The Balaban J connectivity index is 1.74. The minimum atomic E-state index is 0.0584. The maximum Gasteiger partial charge on any atom is 0.0955 e. The third kappa shape index (κ3) is 2.41. The van der Waals surface area contributed by atoms with E-state index in [1.165, 1.54) is 17.5 Å². The molecule has 1 aromatic heterocycles. The lowest BCUT2D eigenvalue weighted by Crippen LogP contribution is -2.39. The van der Waals surface area contributed by atoms with E-state index in [1.807, 2.05) is 12.1 Å². The van der Waals surface area contributed by atoms with Crippen LogP contribution in [0.5, 0.6) is 0 Å². The van der Waals surface area contributed by atoms with Crippen molar-refractivity contribution in [2.75, 3.05) is 7.11 Å². The van der Waals surface area contributed by atoms with E-state index in [-0.39, 0.29) is 12.1 Å². The van der Waals surface area contributed by atoms with Crippen molar-refractivity contribution in [1.29, 1.82) is 0 Å². The Kier molecular flexibility index (Phi) is 3.33. The number of para-hydroxylation sites is 1. The Bertz CT molecular complexity index is 502. The van der Waals surface area contributed by atoms with Crippen molar-refractivity contribution in [3.8, 4) is 0 Å². The fraction of sp³-hybridized carbons (Fsp3) is 0.500. The van der Waals surface area contributed by atoms with Gasteiger partial charge in [-0.1, -0.05) is 12.1 Å². The number of methoxy groups -OCH3 is 1. The molecule has 0 bridgehead atoms. The van der Waals surface area contributed by atoms with Crippen LogP contribution < -0.4 is 5.73 Å². The molecule has 3 nitrogen and oxygen atoms in total. The summed E-state index contributed by atoms with van der Waals surface area (Å²) in [5.74, 6) is 0.666. The van der Waals surface area contributed by atoms with Gasteiger partial charge in [0.1, 0.15) is 0 Å². The molecule has 1 saturated carbocycles. The van der Waals surface area contributed by atoms with Gasteiger partial charge in [0.25, 0.3) is 0 Å². The second-order valence-corrected chi connectivity index (χ2v) is 6.10. The number of hydrogen-bond donors (Lipinski definition) is 1. The summed E-state index contributed by atoms with van der Waals surface area (Å²) in [7, 11) is 1.77. The predicted molar refractivity (Wildman–Crippen MR) is 74.8 cm³/mol. The van der Waals surface area contributed by atoms with Crippen LogP contribution >= 0.6 is 11.3 Å². The van der Waals surface area contributed by atoms with Crippen molar-refractivity contribution in [2.24, 2.45) is 11.7 Å². The average molecular weight is 262 g/mol. The van der Waals surface area contributed by atoms with Gasteiger partial charge in [-0.25, -0.2) is 4.98 Å². The number of hydrogen-bond acceptors (Lipinski definition) is 4. The van der Waals surface area contributed by atoms with Gasteiger partial charge in [-0.15, -0.1) is 11.3 Å². The first kappa shape index (κ1) is 12.1. The topological polar surface area (TPSA) is 48.1 Å². The quantitative estimate of drug-likeness (QED) is 0.901. The minimum absolute atomic E-state index is 0.0584. The number of aromatic nitrogens is 1. The Morgan fingerprint density at radius 3 is 2.89 bits per heavy atom. The zero-order valence-corrected chi connectivity index (χ0v) is 11.3. The minimum Gasteiger partial charge on any atom is -0.380 e. The molecule has 2 unspecified atom stereocenters. The molecule has 1 aliphatic rings. The fourth-order valence-corrected chi connectivity index (χ4v) is 3.51. The molecule has 2 atom stereocenters. The Morgan fingerprint density at radius 2 is 2.22 bits per heavy atom. The second kappa shape index (κ2) is 4.96. The third-order valence-electron chi connectivity index (χ3n) is 3.53. The first-order chi connectivity index (χ1) is 8.78. The number of nitrogens with two attached hydrogens (primary N) is 1. The fourth-order valence-electron chi connectivity index (χ4n) is 2.47. The third-order valence-corrected chi connectivity index (χ3v) is 4.59. The van der Waals surface area contributed by atoms with Gasteiger partial charge in [-0.05, 0) is 30.9 Å². The van der Waals surface area contributed by atoms with Crippen molar-refractivity contribution >= 4 is 21.6 Å². The number of rotatable bonds is 5. The Labute approximate surface area is 111 Å². The largest absolute Gasteiger partial charge is 0.380 e. The van der Waals surface area contributed by atoms with Crippen molar-refractivity contribution in [3.63, 3.8) is 0 Å². The maximum absolute atomic E-state index is 6.26. The molecule has 1 heterocycles. The summed E-state index contributed by atoms with van der Waals surface area (Å²) in [6.07, 6.45) is 3.52. The lowest BCUT2D eigenvalue weighted by Gasteiger charge is -2.21. The summed E-state index contributed by atoms with van der Waals surface area (Å²) in [6, 6.07) is 8.29. The summed E-state index contributed by atoms with van der Waals surface area (Å²) < 4.78 is 6.77. The van der Waals surface area contributed by atoms with Crippen molar-refractivity contribution in [1.82, 2.24) is 4.98 Å². The number of thiazole rings is 1. The smallest absolute Gasteiger partial charge is 0.0955 e. The molecule has 0 radical (unpaired) electrons. The number of nitrogens with zero attached hydrogens (tertiary/aromatic N) is 1. The van der Waals surface area contributed by atoms with E-state index < -0.39 is 0 Å². The molecule has 2 aromatic rings. The van der Waals surface area contributed by atoms with Crippen LogP contribution in [0.1, 0.15) is 17.8 Å². The van der Waals surface area contributed by atoms with Crippen molar-refractivity contribution in [3.05, 3.63) is 29.3 Å².